The van der Waals surface area contributed by atoms with Gasteiger partial charge in [0, 0.05) is 12.1 Å². The van der Waals surface area contributed by atoms with E-state index in [9.17, 15) is 28.2 Å². The zero-order chi connectivity index (χ0) is 21.3. The molecule has 1 aliphatic heterocycles. The van der Waals surface area contributed by atoms with E-state index in [2.05, 4.69) is 20.5 Å². The Morgan fingerprint density at radius 3 is 2.59 bits per heavy atom. The Morgan fingerprint density at radius 2 is 2.03 bits per heavy atom. The van der Waals surface area contributed by atoms with Gasteiger partial charge < -0.3 is 25.5 Å². The van der Waals surface area contributed by atoms with Crippen LogP contribution in [-0.4, -0.2) is 66.7 Å². The molecule has 0 spiro atoms. The molecule has 29 heavy (non-hydrogen) atoms. The molecular formula is C17H18F3N5O4. The Morgan fingerprint density at radius 1 is 1.31 bits per heavy atom. The van der Waals surface area contributed by atoms with Crippen molar-refractivity contribution in [2.24, 2.45) is 0 Å². The van der Waals surface area contributed by atoms with E-state index in [1.54, 1.807) is 6.92 Å². The van der Waals surface area contributed by atoms with Gasteiger partial charge in [-0.05, 0) is 31.5 Å². The van der Waals surface area contributed by atoms with Gasteiger partial charge in [0.1, 0.15) is 11.4 Å². The number of carboxylic acid groups (broad SMARTS) is 1. The number of hydrogen-bond donors (Lipinski definition) is 4. The van der Waals surface area contributed by atoms with Crippen molar-refractivity contribution in [2.75, 3.05) is 18.4 Å². The molecule has 1 aromatic carbocycles. The third-order valence-corrected chi connectivity index (χ3v) is 4.61. The van der Waals surface area contributed by atoms with Gasteiger partial charge in [0.15, 0.2) is 0 Å². The van der Waals surface area contributed by atoms with Crippen molar-refractivity contribution < 1.29 is 33.3 Å². The van der Waals surface area contributed by atoms with Gasteiger partial charge in [-0.3, -0.25) is 0 Å². The molecule has 0 bridgehead atoms. The number of hydrogen-bond acceptors (Lipinski definition) is 7. The lowest BCUT2D eigenvalue weighted by Crippen LogP contribution is -2.51. The first-order valence-corrected chi connectivity index (χ1v) is 8.60. The number of halogens is 3. The first kappa shape index (κ1) is 20.6. The number of aromatic nitrogens is 3. The highest BCUT2D eigenvalue weighted by molar-refractivity contribution is 5.69. The van der Waals surface area contributed by atoms with Gasteiger partial charge in [-0.1, -0.05) is 0 Å². The molecule has 0 aliphatic carbocycles. The van der Waals surface area contributed by atoms with Gasteiger partial charge in [0.25, 0.3) is 0 Å². The molecule has 12 heteroatoms. The molecule has 0 unspecified atom stereocenters. The quantitative estimate of drug-likeness (QED) is 0.602. The number of nitrogens with one attached hydrogen (secondary N) is 1. The molecule has 3 rings (SSSR count). The van der Waals surface area contributed by atoms with Crippen LogP contribution in [0.5, 0.6) is 5.75 Å². The highest BCUT2D eigenvalue weighted by Crippen LogP contribution is 2.36. The first-order valence-electron chi connectivity index (χ1n) is 8.60. The summed E-state index contributed by atoms with van der Waals surface area (Å²) in [5, 5.41) is 39.7. The van der Waals surface area contributed by atoms with E-state index in [1.165, 1.54) is 0 Å². The molecule has 0 saturated carbocycles. The molecular weight excluding hydrogens is 395 g/mol. The van der Waals surface area contributed by atoms with E-state index in [0.717, 1.165) is 17.0 Å². The van der Waals surface area contributed by atoms with Crippen molar-refractivity contribution in [3.05, 3.63) is 29.5 Å². The third kappa shape index (κ3) is 4.47. The minimum Gasteiger partial charge on any atom is -0.507 e. The number of phenols is 1. The predicted octanol–water partition coefficient (Wildman–Crippen LogP) is 2.10. The number of anilines is 1. The molecule has 1 fully saturated rings. The Labute approximate surface area is 162 Å². The minimum atomic E-state index is -4.58. The number of aromatic hydroxyl groups is 1. The number of β-amino-alcohol motifs (C(OH)–C–C–N with tert-alkyl or cyclic N) is 1. The second-order valence-electron chi connectivity index (χ2n) is 6.63. The second-order valence-corrected chi connectivity index (χ2v) is 6.63. The lowest BCUT2D eigenvalue weighted by Gasteiger charge is -2.34. The van der Waals surface area contributed by atoms with Crippen molar-refractivity contribution in [2.45, 2.75) is 31.7 Å². The van der Waals surface area contributed by atoms with Gasteiger partial charge in [-0.15, -0.1) is 10.2 Å². The Hall–Kier alpha value is -3.15. The van der Waals surface area contributed by atoms with E-state index < -0.39 is 35.7 Å². The number of likely N-dealkylation sites (tertiary alicyclic amines) is 1. The van der Waals surface area contributed by atoms with Crippen molar-refractivity contribution in [1.29, 1.82) is 0 Å². The molecule has 2 heterocycles. The van der Waals surface area contributed by atoms with Crippen LogP contribution < -0.4 is 5.32 Å². The molecule has 156 valence electrons. The summed E-state index contributed by atoms with van der Waals surface area (Å²) in [7, 11) is 0. The van der Waals surface area contributed by atoms with E-state index >= 15 is 0 Å². The molecule has 2 aromatic rings. The van der Waals surface area contributed by atoms with Crippen LogP contribution in [0.2, 0.25) is 0 Å². The summed E-state index contributed by atoms with van der Waals surface area (Å²) in [6.45, 7) is 1.72. The number of aliphatic hydroxyl groups excluding tert-OH is 1. The van der Waals surface area contributed by atoms with E-state index in [-0.39, 0.29) is 30.3 Å². The number of phenolic OH excluding ortho intramolecular Hbond substituents is 1. The van der Waals surface area contributed by atoms with Crippen LogP contribution >= 0.6 is 0 Å². The van der Waals surface area contributed by atoms with Crippen molar-refractivity contribution in [3.8, 4) is 17.0 Å². The fourth-order valence-corrected chi connectivity index (χ4v) is 3.06. The number of benzene rings is 1. The number of piperidine rings is 1. The average Bonchev–Trinajstić information content (AvgIpc) is 2.63. The van der Waals surface area contributed by atoms with Crippen LogP contribution in [0.1, 0.15) is 17.7 Å². The number of alkyl halides is 3. The van der Waals surface area contributed by atoms with Gasteiger partial charge in [0.2, 0.25) is 5.95 Å². The smallest absolute Gasteiger partial charge is 0.416 e. The summed E-state index contributed by atoms with van der Waals surface area (Å²) >= 11 is 0. The topological polar surface area (TPSA) is 132 Å². The third-order valence-electron chi connectivity index (χ3n) is 4.61. The van der Waals surface area contributed by atoms with Crippen molar-refractivity contribution >= 4 is 12.0 Å². The minimum absolute atomic E-state index is 0.0526. The van der Waals surface area contributed by atoms with Gasteiger partial charge in [-0.2, -0.15) is 13.2 Å². The second kappa shape index (κ2) is 7.70. The van der Waals surface area contributed by atoms with Gasteiger partial charge >= 0.3 is 12.3 Å². The van der Waals surface area contributed by atoms with Gasteiger partial charge in [-0.25, -0.2) is 9.78 Å². The molecule has 1 amide bonds. The normalized spacial score (nSPS) is 19.8. The Balaban J connectivity index is 1.77. The molecule has 2 atom stereocenters. The molecule has 4 N–H and O–H groups in total. The maximum atomic E-state index is 12.7. The molecule has 0 radical (unpaired) electrons. The predicted molar refractivity (Wildman–Crippen MR) is 94.3 cm³/mol. The maximum absolute atomic E-state index is 12.7. The van der Waals surface area contributed by atoms with Crippen LogP contribution in [0, 0.1) is 6.92 Å². The Bertz CT molecular complexity index is 924. The summed E-state index contributed by atoms with van der Waals surface area (Å²) in [4.78, 5) is 16.2. The number of amides is 1. The monoisotopic (exact) mass is 413 g/mol. The number of rotatable bonds is 3. The van der Waals surface area contributed by atoms with Crippen LogP contribution in [0.25, 0.3) is 11.3 Å². The number of aryl methyl sites for hydroxylation is 1. The zero-order valence-electron chi connectivity index (χ0n) is 15.2. The summed E-state index contributed by atoms with van der Waals surface area (Å²) < 4.78 is 38.2. The highest BCUT2D eigenvalue weighted by atomic mass is 19.4. The summed E-state index contributed by atoms with van der Waals surface area (Å²) in [5.74, 6) is -0.526. The first-order chi connectivity index (χ1) is 13.6. The Kier molecular flexibility index (Phi) is 5.46. The highest BCUT2D eigenvalue weighted by Gasteiger charge is 2.32. The lowest BCUT2D eigenvalue weighted by molar-refractivity contribution is -0.137. The average molecular weight is 413 g/mol. The number of carbonyl (C=O) groups is 1. The zero-order valence-corrected chi connectivity index (χ0v) is 15.2. The summed E-state index contributed by atoms with van der Waals surface area (Å²) in [6.07, 6.45) is -6.34. The van der Waals surface area contributed by atoms with Crippen molar-refractivity contribution in [3.63, 3.8) is 0 Å². The van der Waals surface area contributed by atoms with Crippen molar-refractivity contribution in [1.82, 2.24) is 20.1 Å². The van der Waals surface area contributed by atoms with E-state index in [1.807, 2.05) is 0 Å². The maximum Gasteiger partial charge on any atom is 0.416 e. The fraction of sp³-hybridized carbons (Fsp3) is 0.412. The van der Waals surface area contributed by atoms with Crippen LogP contribution in [-0.2, 0) is 6.18 Å². The van der Waals surface area contributed by atoms with E-state index in [4.69, 9.17) is 5.11 Å². The molecule has 1 aromatic heterocycles. The van der Waals surface area contributed by atoms with Crippen LogP contribution in [0.4, 0.5) is 23.9 Å². The SMILES string of the molecule is Cc1nc(N[C@@H]2CCN(C(=O)O)C[C@H]2O)nnc1-c1ccc(C(F)(F)F)cc1O. The molecule has 9 nitrogen and oxygen atoms in total. The summed E-state index contributed by atoms with van der Waals surface area (Å²) in [5.41, 5.74) is -0.521. The number of aliphatic hydroxyl groups is 1. The van der Waals surface area contributed by atoms with Crippen LogP contribution in [0.15, 0.2) is 18.2 Å². The van der Waals surface area contributed by atoms with Gasteiger partial charge in [0.05, 0.1) is 29.9 Å². The lowest BCUT2D eigenvalue weighted by atomic mass is 10.0. The molecule has 1 aliphatic rings. The number of nitrogens with zero attached hydrogens (tertiary/aromatic N) is 4. The molecule has 1 saturated heterocycles. The van der Waals surface area contributed by atoms with Crippen LogP contribution in [0.3, 0.4) is 0 Å². The fourth-order valence-electron chi connectivity index (χ4n) is 3.06. The van der Waals surface area contributed by atoms with E-state index in [0.29, 0.717) is 18.2 Å². The largest absolute Gasteiger partial charge is 0.507 e. The summed E-state index contributed by atoms with van der Waals surface area (Å²) in [6, 6.07) is 2.04. The standard InChI is InChI=1S/C17H18F3N5O4/c1-8-14(10-3-2-9(6-12(10)26)17(18,19)20)23-24-15(21-8)22-11-4-5-25(16(28)29)7-13(11)27/h2-3,6,11,13,26-27H,4-5,7H2,1H3,(H,28,29)(H,21,22,24)/t11-,13-/m1/s1.